The van der Waals surface area contributed by atoms with Crippen LogP contribution in [0, 0.1) is 11.8 Å². The van der Waals surface area contributed by atoms with Crippen LogP contribution in [0.3, 0.4) is 0 Å². The van der Waals surface area contributed by atoms with Crippen LogP contribution in [-0.2, 0) is 27.4 Å². The van der Waals surface area contributed by atoms with Gasteiger partial charge in [0.2, 0.25) is 0 Å². The summed E-state index contributed by atoms with van der Waals surface area (Å²) in [4.78, 5) is 51.7. The lowest BCUT2D eigenvalue weighted by atomic mass is 10.3. The Morgan fingerprint density at radius 3 is 2.61 bits per heavy atom. The summed E-state index contributed by atoms with van der Waals surface area (Å²) in [5.41, 5.74) is 1.51. The minimum absolute atomic E-state index is 0.0726. The maximum atomic E-state index is 12.4. The molecule has 0 radical (unpaired) electrons. The van der Waals surface area contributed by atoms with Crippen LogP contribution < -0.4 is 21.4 Å². The number of carbonyl (C=O) groups excluding carboxylic acids is 2. The van der Waals surface area contributed by atoms with Crippen LogP contribution in [0.2, 0.25) is 0 Å². The molecule has 166 valence electrons. The standard InChI is InChI=1S/C17H18F3N7O4/c1-2-3-6-27-12-13(24-16(27)30)22-10(23-14(12)26-7-4-21-5-8-26)9-11(28)25-31-15(29)17(18,19)20/h21H,4-9H2,1H3,(H,25,28)(H,22,23,24,30). The van der Waals surface area contributed by atoms with Crippen molar-refractivity contribution < 1.29 is 27.6 Å². The monoisotopic (exact) mass is 441 g/mol. The van der Waals surface area contributed by atoms with E-state index in [1.165, 1.54) is 10.0 Å². The third-order valence-electron chi connectivity index (χ3n) is 4.29. The largest absolute Gasteiger partial charge is 0.493 e. The number of nitrogens with one attached hydrogen (secondary N) is 3. The first-order chi connectivity index (χ1) is 14.7. The molecule has 0 aromatic carbocycles. The van der Waals surface area contributed by atoms with Gasteiger partial charge in [-0.1, -0.05) is 5.92 Å². The van der Waals surface area contributed by atoms with E-state index in [2.05, 4.69) is 36.9 Å². The van der Waals surface area contributed by atoms with Gasteiger partial charge in [0, 0.05) is 26.2 Å². The molecule has 1 amide bonds. The van der Waals surface area contributed by atoms with E-state index in [4.69, 9.17) is 0 Å². The third kappa shape index (κ3) is 5.12. The summed E-state index contributed by atoms with van der Waals surface area (Å²) in [6, 6.07) is 0. The number of carbonyl (C=O) groups is 2. The summed E-state index contributed by atoms with van der Waals surface area (Å²) >= 11 is 0. The summed E-state index contributed by atoms with van der Waals surface area (Å²) in [6.07, 6.45) is -5.83. The number of aromatic amines is 1. The predicted octanol–water partition coefficient (Wildman–Crippen LogP) is -0.768. The minimum atomic E-state index is -5.25. The van der Waals surface area contributed by atoms with E-state index in [1.54, 1.807) is 6.92 Å². The normalized spacial score (nSPS) is 14.1. The fraction of sp³-hybridized carbons (Fsp3) is 0.471. The van der Waals surface area contributed by atoms with Crippen molar-refractivity contribution in [2.75, 3.05) is 31.1 Å². The van der Waals surface area contributed by atoms with Crippen LogP contribution >= 0.6 is 0 Å². The highest BCUT2D eigenvalue weighted by atomic mass is 19.4. The molecule has 3 N–H and O–H groups in total. The lowest BCUT2D eigenvalue weighted by molar-refractivity contribution is -0.207. The Hall–Kier alpha value is -3.60. The van der Waals surface area contributed by atoms with Crippen molar-refractivity contribution in [3.8, 4) is 11.8 Å². The molecule has 0 aliphatic carbocycles. The van der Waals surface area contributed by atoms with Crippen molar-refractivity contribution in [1.82, 2.24) is 30.3 Å². The Morgan fingerprint density at radius 1 is 1.26 bits per heavy atom. The van der Waals surface area contributed by atoms with E-state index in [0.717, 1.165) is 0 Å². The Morgan fingerprint density at radius 2 is 1.97 bits per heavy atom. The number of anilines is 1. The smallest absolute Gasteiger partial charge is 0.352 e. The first kappa shape index (κ1) is 22.1. The van der Waals surface area contributed by atoms with Crippen molar-refractivity contribution >= 4 is 28.9 Å². The van der Waals surface area contributed by atoms with Gasteiger partial charge in [0.15, 0.2) is 11.5 Å². The average molecular weight is 441 g/mol. The zero-order valence-electron chi connectivity index (χ0n) is 16.3. The first-order valence-electron chi connectivity index (χ1n) is 9.12. The Balaban J connectivity index is 1.92. The second kappa shape index (κ2) is 9.04. The number of hydrogen-bond acceptors (Lipinski definition) is 8. The summed E-state index contributed by atoms with van der Waals surface area (Å²) in [5.74, 6) is 2.20. The van der Waals surface area contributed by atoms with Gasteiger partial charge in [-0.05, 0) is 6.92 Å². The molecule has 1 aliphatic heterocycles. The number of hydrogen-bond donors (Lipinski definition) is 3. The SMILES string of the molecule is CC#CCn1c(=O)[nH]c2nc(CC(=O)NOC(=O)C(F)(F)F)nc(N3CCNCC3)c21. The number of imidazole rings is 1. The fourth-order valence-electron chi connectivity index (χ4n) is 2.92. The maximum Gasteiger partial charge on any atom is 0.493 e. The lowest BCUT2D eigenvalue weighted by Crippen LogP contribution is -2.44. The molecule has 2 aromatic heterocycles. The van der Waals surface area contributed by atoms with Crippen LogP contribution in [0.1, 0.15) is 12.7 Å². The summed E-state index contributed by atoms with van der Waals surface area (Å²) in [7, 11) is 0. The van der Waals surface area contributed by atoms with E-state index >= 15 is 0 Å². The van der Waals surface area contributed by atoms with Crippen molar-refractivity contribution in [2.24, 2.45) is 0 Å². The van der Waals surface area contributed by atoms with Crippen molar-refractivity contribution in [1.29, 1.82) is 0 Å². The quantitative estimate of drug-likeness (QED) is 0.416. The van der Waals surface area contributed by atoms with Crippen LogP contribution in [-0.4, -0.2) is 63.8 Å². The van der Waals surface area contributed by atoms with E-state index in [0.29, 0.717) is 37.5 Å². The molecular weight excluding hydrogens is 423 g/mol. The second-order valence-corrected chi connectivity index (χ2v) is 6.43. The molecule has 0 unspecified atom stereocenters. The molecule has 3 heterocycles. The fourth-order valence-corrected chi connectivity index (χ4v) is 2.92. The summed E-state index contributed by atoms with van der Waals surface area (Å²) in [5, 5.41) is 3.18. The molecule has 14 heteroatoms. The van der Waals surface area contributed by atoms with Crippen LogP contribution in [0.15, 0.2) is 4.79 Å². The number of fused-ring (bicyclic) bond motifs is 1. The molecule has 1 aliphatic rings. The third-order valence-corrected chi connectivity index (χ3v) is 4.29. The molecule has 11 nitrogen and oxygen atoms in total. The molecular formula is C17H18F3N7O4. The lowest BCUT2D eigenvalue weighted by Gasteiger charge is -2.29. The topological polar surface area (TPSA) is 134 Å². The molecule has 1 fully saturated rings. The Kier molecular flexibility index (Phi) is 6.44. The number of nitrogens with zero attached hydrogens (tertiary/aromatic N) is 4. The molecule has 0 atom stereocenters. The Bertz CT molecular complexity index is 1110. The van der Waals surface area contributed by atoms with Gasteiger partial charge in [0.25, 0.3) is 5.91 Å². The van der Waals surface area contributed by atoms with Crippen LogP contribution in [0.4, 0.5) is 19.0 Å². The van der Waals surface area contributed by atoms with Gasteiger partial charge in [-0.3, -0.25) is 14.3 Å². The second-order valence-electron chi connectivity index (χ2n) is 6.43. The van der Waals surface area contributed by atoms with Gasteiger partial charge in [0.05, 0.1) is 13.0 Å². The molecule has 1 saturated heterocycles. The number of H-pyrrole nitrogens is 1. The average Bonchev–Trinajstić information content (AvgIpc) is 3.04. The number of hydroxylamine groups is 1. The summed E-state index contributed by atoms with van der Waals surface area (Å²) < 4.78 is 37.9. The molecule has 3 rings (SSSR count). The van der Waals surface area contributed by atoms with E-state index in [1.807, 2.05) is 4.90 Å². The molecule has 31 heavy (non-hydrogen) atoms. The van der Waals surface area contributed by atoms with E-state index < -0.39 is 30.2 Å². The molecule has 0 saturated carbocycles. The van der Waals surface area contributed by atoms with Gasteiger partial charge in [-0.15, -0.1) is 5.92 Å². The first-order valence-corrected chi connectivity index (χ1v) is 9.12. The van der Waals surface area contributed by atoms with Gasteiger partial charge in [-0.2, -0.15) is 18.7 Å². The van der Waals surface area contributed by atoms with Gasteiger partial charge >= 0.3 is 17.8 Å². The van der Waals surface area contributed by atoms with Gasteiger partial charge in [-0.25, -0.2) is 19.6 Å². The molecule has 0 bridgehead atoms. The van der Waals surface area contributed by atoms with E-state index in [9.17, 15) is 27.6 Å². The number of aromatic nitrogens is 4. The minimum Gasteiger partial charge on any atom is -0.352 e. The predicted molar refractivity (Wildman–Crippen MR) is 101 cm³/mol. The van der Waals surface area contributed by atoms with E-state index in [-0.39, 0.29) is 18.0 Å². The highest BCUT2D eigenvalue weighted by Gasteiger charge is 2.42. The summed E-state index contributed by atoms with van der Waals surface area (Å²) in [6.45, 7) is 4.21. The number of rotatable bonds is 4. The highest BCUT2D eigenvalue weighted by Crippen LogP contribution is 2.23. The van der Waals surface area contributed by atoms with Crippen molar-refractivity contribution in [2.45, 2.75) is 26.1 Å². The highest BCUT2D eigenvalue weighted by molar-refractivity contribution is 5.85. The van der Waals surface area contributed by atoms with Crippen molar-refractivity contribution in [3.63, 3.8) is 0 Å². The number of piperazine rings is 1. The van der Waals surface area contributed by atoms with Crippen LogP contribution in [0.25, 0.3) is 11.2 Å². The van der Waals surface area contributed by atoms with Crippen molar-refractivity contribution in [3.05, 3.63) is 16.3 Å². The number of alkyl halides is 3. The molecule has 0 spiro atoms. The number of amides is 1. The number of halogens is 3. The zero-order valence-corrected chi connectivity index (χ0v) is 16.3. The molecule has 2 aromatic rings. The maximum absolute atomic E-state index is 12.4. The Labute approximate surface area is 172 Å². The zero-order chi connectivity index (χ0) is 22.6. The van der Waals surface area contributed by atoms with Gasteiger partial charge in [0.1, 0.15) is 11.3 Å². The van der Waals surface area contributed by atoms with Gasteiger partial charge < -0.3 is 15.1 Å². The van der Waals surface area contributed by atoms with Crippen LogP contribution in [0.5, 0.6) is 0 Å².